The Kier molecular flexibility index (Phi) is 5.21. The lowest BCUT2D eigenvalue weighted by molar-refractivity contribution is 0.0511. The summed E-state index contributed by atoms with van der Waals surface area (Å²) in [5.74, 6) is 0.951. The van der Waals surface area contributed by atoms with Gasteiger partial charge in [-0.2, -0.15) is 4.98 Å². The van der Waals surface area contributed by atoms with Gasteiger partial charge >= 0.3 is 0 Å². The zero-order valence-corrected chi connectivity index (χ0v) is 14.2. The van der Waals surface area contributed by atoms with Crippen molar-refractivity contribution in [3.05, 3.63) is 11.7 Å². The van der Waals surface area contributed by atoms with Gasteiger partial charge in [-0.05, 0) is 12.3 Å². The van der Waals surface area contributed by atoms with Gasteiger partial charge in [0.1, 0.15) is 0 Å². The van der Waals surface area contributed by atoms with Crippen LogP contribution in [0.2, 0.25) is 0 Å². The van der Waals surface area contributed by atoms with E-state index in [9.17, 15) is 12.8 Å². The van der Waals surface area contributed by atoms with E-state index in [2.05, 4.69) is 10.1 Å². The minimum absolute atomic E-state index is 0.0179. The lowest BCUT2D eigenvalue weighted by atomic mass is 9.94. The monoisotopic (exact) mass is 333 g/mol. The maximum Gasteiger partial charge on any atom is 0.264 e. The van der Waals surface area contributed by atoms with Gasteiger partial charge in [-0.15, -0.1) is 0 Å². The first-order valence-electron chi connectivity index (χ1n) is 7.76. The van der Waals surface area contributed by atoms with E-state index in [1.165, 1.54) is 4.31 Å². The Hall–Kier alpha value is -1.02. The summed E-state index contributed by atoms with van der Waals surface area (Å²) in [6.07, 6.45) is 1.30. The van der Waals surface area contributed by atoms with Gasteiger partial charge in [0.15, 0.2) is 11.5 Å². The molecule has 22 heavy (non-hydrogen) atoms. The van der Waals surface area contributed by atoms with Crippen molar-refractivity contribution < 1.29 is 17.3 Å². The summed E-state index contributed by atoms with van der Waals surface area (Å²) in [6.45, 7) is 6.17. The van der Waals surface area contributed by atoms with Crippen LogP contribution in [0.4, 0.5) is 4.39 Å². The van der Waals surface area contributed by atoms with Crippen LogP contribution in [-0.2, 0) is 22.1 Å². The molecule has 0 spiro atoms. The molecule has 0 aliphatic carbocycles. The molecule has 2 rings (SSSR count). The van der Waals surface area contributed by atoms with Gasteiger partial charge in [-0.1, -0.05) is 25.9 Å². The highest BCUT2D eigenvalue weighted by atomic mass is 32.2. The number of hydrogen-bond donors (Lipinski definition) is 0. The van der Waals surface area contributed by atoms with Crippen LogP contribution in [0.25, 0.3) is 0 Å². The Labute approximate surface area is 131 Å². The molecule has 1 aromatic rings. The molecule has 8 heteroatoms. The Bertz CT molecular complexity index is 592. The predicted octanol–water partition coefficient (Wildman–Crippen LogP) is 2.27. The van der Waals surface area contributed by atoms with E-state index in [0.29, 0.717) is 24.6 Å². The van der Waals surface area contributed by atoms with Gasteiger partial charge in [-0.3, -0.25) is 0 Å². The van der Waals surface area contributed by atoms with Crippen LogP contribution in [0.5, 0.6) is 0 Å². The topological polar surface area (TPSA) is 76.3 Å². The van der Waals surface area contributed by atoms with E-state index in [4.69, 9.17) is 4.52 Å². The number of halogens is 1. The Morgan fingerprint density at radius 1 is 1.36 bits per heavy atom. The van der Waals surface area contributed by atoms with E-state index >= 15 is 0 Å². The highest BCUT2D eigenvalue weighted by Gasteiger charge is 2.43. The van der Waals surface area contributed by atoms with Crippen molar-refractivity contribution >= 4 is 10.0 Å². The van der Waals surface area contributed by atoms with Crippen LogP contribution >= 0.6 is 0 Å². The third-order valence-electron chi connectivity index (χ3n) is 3.81. The largest absolute Gasteiger partial charge is 0.336 e. The summed E-state index contributed by atoms with van der Waals surface area (Å²) in [5, 5.41) is 3.82. The molecule has 1 aliphatic rings. The third-order valence-corrected chi connectivity index (χ3v) is 5.89. The normalized spacial score (nSPS) is 19.7. The molecule has 1 fully saturated rings. The molecule has 0 radical (unpaired) electrons. The molecule has 0 N–H and O–H groups in total. The van der Waals surface area contributed by atoms with Crippen molar-refractivity contribution in [3.63, 3.8) is 0 Å². The van der Waals surface area contributed by atoms with Gasteiger partial charge in [0.25, 0.3) is 5.89 Å². The molecule has 1 aromatic heterocycles. The average Bonchev–Trinajstić information content (AvgIpc) is 2.87. The molecule has 6 nitrogen and oxygen atoms in total. The lowest BCUT2D eigenvalue weighted by Crippen LogP contribution is -2.44. The van der Waals surface area contributed by atoms with Crippen LogP contribution in [0, 0.1) is 5.92 Å². The first-order chi connectivity index (χ1) is 10.3. The molecule has 0 amide bonds. The number of nitrogens with zero attached hydrogens (tertiary/aromatic N) is 3. The Balaban J connectivity index is 2.04. The second-order valence-electron chi connectivity index (χ2n) is 6.29. The van der Waals surface area contributed by atoms with E-state index in [-0.39, 0.29) is 37.6 Å². The highest BCUT2D eigenvalue weighted by molar-refractivity contribution is 7.89. The van der Waals surface area contributed by atoms with Crippen molar-refractivity contribution in [2.24, 2.45) is 5.92 Å². The second kappa shape index (κ2) is 6.62. The van der Waals surface area contributed by atoms with Crippen molar-refractivity contribution in [2.45, 2.75) is 52.1 Å². The molecule has 0 atom stereocenters. The molecule has 1 saturated heterocycles. The van der Waals surface area contributed by atoms with Gasteiger partial charge in [0.05, 0.1) is 5.75 Å². The van der Waals surface area contributed by atoms with E-state index in [1.54, 1.807) is 0 Å². The summed E-state index contributed by atoms with van der Waals surface area (Å²) in [6, 6.07) is 0. The average molecular weight is 333 g/mol. The first-order valence-corrected chi connectivity index (χ1v) is 9.37. The maximum atomic E-state index is 15.0. The molecule has 0 saturated carbocycles. The van der Waals surface area contributed by atoms with Gasteiger partial charge in [0.2, 0.25) is 10.0 Å². The number of piperidine rings is 1. The lowest BCUT2D eigenvalue weighted by Gasteiger charge is -2.33. The number of sulfonamides is 1. The van der Waals surface area contributed by atoms with Gasteiger partial charge < -0.3 is 4.52 Å². The standard InChI is InChI=1S/C14H24FN3O3S/c1-4-9-22(19,20)18-7-5-14(15,6-8-18)13-16-12(17-21-13)10-11(2)3/h11H,4-10H2,1-3H3. The third kappa shape index (κ3) is 3.84. The molecular weight excluding hydrogens is 309 g/mol. The highest BCUT2D eigenvalue weighted by Crippen LogP contribution is 2.36. The molecule has 0 unspecified atom stereocenters. The summed E-state index contributed by atoms with van der Waals surface area (Å²) >= 11 is 0. The molecule has 1 aliphatic heterocycles. The molecule has 2 heterocycles. The fraction of sp³-hybridized carbons (Fsp3) is 0.857. The van der Waals surface area contributed by atoms with Crippen LogP contribution in [-0.4, -0.2) is 41.7 Å². The zero-order chi connectivity index (χ0) is 16.4. The first kappa shape index (κ1) is 17.3. The summed E-state index contributed by atoms with van der Waals surface area (Å²) in [5.41, 5.74) is -1.72. The van der Waals surface area contributed by atoms with Crippen molar-refractivity contribution in [1.82, 2.24) is 14.4 Å². The van der Waals surface area contributed by atoms with E-state index in [0.717, 1.165) is 0 Å². The smallest absolute Gasteiger partial charge is 0.264 e. The van der Waals surface area contributed by atoms with Crippen LogP contribution in [0.3, 0.4) is 0 Å². The fourth-order valence-corrected chi connectivity index (χ4v) is 4.12. The van der Waals surface area contributed by atoms with E-state index in [1.807, 2.05) is 20.8 Å². The maximum absolute atomic E-state index is 15.0. The predicted molar refractivity (Wildman–Crippen MR) is 80.5 cm³/mol. The minimum Gasteiger partial charge on any atom is -0.336 e. The molecule has 0 aromatic carbocycles. The summed E-state index contributed by atoms with van der Waals surface area (Å²) in [4.78, 5) is 4.15. The molecule has 126 valence electrons. The Morgan fingerprint density at radius 3 is 2.55 bits per heavy atom. The SMILES string of the molecule is CCCS(=O)(=O)N1CCC(F)(c2nc(CC(C)C)no2)CC1. The number of hydrogen-bond acceptors (Lipinski definition) is 5. The number of rotatable bonds is 6. The second-order valence-corrected chi connectivity index (χ2v) is 8.38. The molecular formula is C14H24FN3O3S. The van der Waals surface area contributed by atoms with Crippen molar-refractivity contribution in [1.29, 1.82) is 0 Å². The van der Waals surface area contributed by atoms with Crippen LogP contribution in [0.1, 0.15) is 51.7 Å². The van der Waals surface area contributed by atoms with Crippen molar-refractivity contribution in [2.75, 3.05) is 18.8 Å². The van der Waals surface area contributed by atoms with E-state index < -0.39 is 15.7 Å². The Morgan fingerprint density at radius 2 is 2.00 bits per heavy atom. The van der Waals surface area contributed by atoms with Crippen LogP contribution < -0.4 is 0 Å². The van der Waals surface area contributed by atoms with Gasteiger partial charge in [0, 0.05) is 32.4 Å². The number of aromatic nitrogens is 2. The van der Waals surface area contributed by atoms with Gasteiger partial charge in [-0.25, -0.2) is 17.1 Å². The quantitative estimate of drug-likeness (QED) is 0.798. The summed E-state index contributed by atoms with van der Waals surface area (Å²) < 4.78 is 45.4. The van der Waals surface area contributed by atoms with Crippen LogP contribution in [0.15, 0.2) is 4.52 Å². The molecule has 0 bridgehead atoms. The van der Waals surface area contributed by atoms with Crippen molar-refractivity contribution in [3.8, 4) is 0 Å². The summed E-state index contributed by atoms with van der Waals surface area (Å²) in [7, 11) is -3.28. The number of alkyl halides is 1. The minimum atomic E-state index is -3.28. The zero-order valence-electron chi connectivity index (χ0n) is 13.4. The fourth-order valence-electron chi connectivity index (χ4n) is 2.60.